The average Bonchev–Trinajstić information content (AvgIpc) is 3.32. The number of amides is 2. The fraction of sp³-hybridized carbons (Fsp3) is 0.211. The number of thiazole rings is 1. The third kappa shape index (κ3) is 4.06. The molecule has 0 bridgehead atoms. The van der Waals surface area contributed by atoms with E-state index in [1.54, 1.807) is 23.1 Å². The number of anilines is 1. The molecule has 0 saturated carbocycles. The molecule has 1 N–H and O–H groups in total. The molecule has 0 aliphatic carbocycles. The third-order valence-corrected chi connectivity index (χ3v) is 6.18. The van der Waals surface area contributed by atoms with Crippen molar-refractivity contribution >= 4 is 39.6 Å². The molecule has 0 radical (unpaired) electrons. The van der Waals surface area contributed by atoms with Crippen LogP contribution in [0.3, 0.4) is 0 Å². The van der Waals surface area contributed by atoms with Crippen LogP contribution >= 0.6 is 22.7 Å². The first-order valence-electron chi connectivity index (χ1n) is 8.44. The van der Waals surface area contributed by atoms with Crippen LogP contribution in [0.2, 0.25) is 0 Å². The zero-order valence-electron chi connectivity index (χ0n) is 14.3. The van der Waals surface area contributed by atoms with Crippen LogP contribution in [0.4, 0.5) is 9.52 Å². The fourth-order valence-corrected chi connectivity index (χ4v) is 4.55. The number of fused-ring (bicyclic) bond motifs is 1. The van der Waals surface area contributed by atoms with Gasteiger partial charge in [0.2, 0.25) is 5.91 Å². The molecule has 0 unspecified atom stereocenters. The second-order valence-corrected chi connectivity index (χ2v) is 8.22. The van der Waals surface area contributed by atoms with Gasteiger partial charge in [-0.05, 0) is 29.1 Å². The van der Waals surface area contributed by atoms with Gasteiger partial charge in [0.1, 0.15) is 5.82 Å². The molecule has 5 nitrogen and oxygen atoms in total. The Kier molecular flexibility index (Phi) is 5.00. The van der Waals surface area contributed by atoms with Crippen molar-refractivity contribution in [3.63, 3.8) is 0 Å². The lowest BCUT2D eigenvalue weighted by molar-refractivity contribution is -0.131. The summed E-state index contributed by atoms with van der Waals surface area (Å²) in [6.07, 6.45) is 0.909. The van der Waals surface area contributed by atoms with Crippen LogP contribution in [0.15, 0.2) is 41.8 Å². The molecule has 0 spiro atoms. The van der Waals surface area contributed by atoms with Crippen LogP contribution in [-0.2, 0) is 24.2 Å². The normalized spacial score (nSPS) is 13.3. The highest BCUT2D eigenvalue weighted by Crippen LogP contribution is 2.29. The van der Waals surface area contributed by atoms with E-state index in [0.29, 0.717) is 29.5 Å². The number of nitrogens with zero attached hydrogens (tertiary/aromatic N) is 2. The first kappa shape index (κ1) is 17.8. The lowest BCUT2D eigenvalue weighted by Crippen LogP contribution is -2.36. The number of benzene rings is 1. The molecule has 1 aromatic carbocycles. The maximum atomic E-state index is 13.0. The Morgan fingerprint density at radius 1 is 1.22 bits per heavy atom. The largest absolute Gasteiger partial charge is 0.337 e. The zero-order valence-corrected chi connectivity index (χ0v) is 15.9. The topological polar surface area (TPSA) is 62.3 Å². The number of hydrogen-bond donors (Lipinski definition) is 1. The summed E-state index contributed by atoms with van der Waals surface area (Å²) in [5, 5.41) is 5.25. The highest BCUT2D eigenvalue weighted by molar-refractivity contribution is 7.16. The number of hydrogen-bond acceptors (Lipinski definition) is 5. The second-order valence-electron chi connectivity index (χ2n) is 6.19. The fourth-order valence-electron chi connectivity index (χ4n) is 2.92. The van der Waals surface area contributed by atoms with Gasteiger partial charge in [-0.25, -0.2) is 9.37 Å². The minimum absolute atomic E-state index is 0.00447. The molecule has 4 rings (SSSR count). The van der Waals surface area contributed by atoms with Gasteiger partial charge in [0.15, 0.2) is 5.13 Å². The maximum Gasteiger partial charge on any atom is 0.267 e. The predicted molar refractivity (Wildman–Crippen MR) is 104 cm³/mol. The van der Waals surface area contributed by atoms with Gasteiger partial charge in [-0.3, -0.25) is 14.9 Å². The van der Waals surface area contributed by atoms with Crippen LogP contribution in [0.5, 0.6) is 0 Å². The van der Waals surface area contributed by atoms with Crippen LogP contribution < -0.4 is 5.32 Å². The van der Waals surface area contributed by atoms with Crippen molar-refractivity contribution in [3.8, 4) is 0 Å². The Balaban J connectivity index is 1.40. The van der Waals surface area contributed by atoms with E-state index in [-0.39, 0.29) is 24.1 Å². The summed E-state index contributed by atoms with van der Waals surface area (Å²) in [5.41, 5.74) is 1.73. The molecule has 0 saturated heterocycles. The van der Waals surface area contributed by atoms with Crippen molar-refractivity contribution < 1.29 is 14.0 Å². The Bertz CT molecular complexity index is 968. The number of nitrogens with one attached hydrogen (secondary N) is 1. The molecule has 2 aromatic heterocycles. The first-order valence-corrected chi connectivity index (χ1v) is 10.1. The Morgan fingerprint density at radius 2 is 2.04 bits per heavy atom. The van der Waals surface area contributed by atoms with E-state index in [9.17, 15) is 14.0 Å². The highest BCUT2D eigenvalue weighted by atomic mass is 32.1. The van der Waals surface area contributed by atoms with Gasteiger partial charge in [-0.1, -0.05) is 29.5 Å². The lowest BCUT2D eigenvalue weighted by Gasteiger charge is -2.26. The number of rotatable bonds is 4. The number of carbonyl (C=O) groups is 2. The molecule has 1 aliphatic heterocycles. The van der Waals surface area contributed by atoms with Crippen molar-refractivity contribution in [2.45, 2.75) is 19.4 Å². The van der Waals surface area contributed by atoms with Gasteiger partial charge in [0, 0.05) is 17.8 Å². The van der Waals surface area contributed by atoms with Crippen LogP contribution in [0.25, 0.3) is 0 Å². The molecule has 8 heteroatoms. The monoisotopic (exact) mass is 401 g/mol. The van der Waals surface area contributed by atoms with Gasteiger partial charge in [-0.15, -0.1) is 11.3 Å². The highest BCUT2D eigenvalue weighted by Gasteiger charge is 2.24. The van der Waals surface area contributed by atoms with Gasteiger partial charge >= 0.3 is 0 Å². The molecular formula is C19H16FN3O2S2. The van der Waals surface area contributed by atoms with Crippen LogP contribution in [0, 0.1) is 5.82 Å². The molecule has 0 fully saturated rings. The van der Waals surface area contributed by atoms with Crippen molar-refractivity contribution in [1.29, 1.82) is 0 Å². The predicted octanol–water partition coefficient (Wildman–Crippen LogP) is 3.72. The smallest absolute Gasteiger partial charge is 0.267 e. The van der Waals surface area contributed by atoms with Crippen LogP contribution in [0.1, 0.15) is 25.8 Å². The van der Waals surface area contributed by atoms with Crippen molar-refractivity contribution in [2.24, 2.45) is 0 Å². The number of carbonyl (C=O) groups excluding carboxylic acids is 2. The summed E-state index contributed by atoms with van der Waals surface area (Å²) in [7, 11) is 0. The Labute approximate surface area is 163 Å². The number of aromatic nitrogens is 1. The van der Waals surface area contributed by atoms with Gasteiger partial charge in [0.25, 0.3) is 5.91 Å². The Hall–Kier alpha value is -2.58. The summed E-state index contributed by atoms with van der Waals surface area (Å²) in [6, 6.07) is 9.59. The summed E-state index contributed by atoms with van der Waals surface area (Å²) < 4.78 is 13.0. The molecule has 138 valence electrons. The lowest BCUT2D eigenvalue weighted by atomic mass is 10.1. The standard InChI is InChI=1S/C19H16FN3O2S2/c20-13-5-3-12(4-6-13)10-17(24)23-8-7-14-16(11-23)27-19(21-14)22-18(25)15-2-1-9-26-15/h1-6,9H,7-8,10-11H2,(H,21,22,25). The van der Waals surface area contributed by atoms with E-state index in [1.165, 1.54) is 34.8 Å². The van der Waals surface area contributed by atoms with Gasteiger partial charge in [-0.2, -0.15) is 0 Å². The average molecular weight is 401 g/mol. The summed E-state index contributed by atoms with van der Waals surface area (Å²) in [4.78, 5) is 32.6. The van der Waals surface area contributed by atoms with Gasteiger partial charge < -0.3 is 4.90 Å². The third-order valence-electron chi connectivity index (χ3n) is 4.32. The number of thiophene rings is 1. The van der Waals surface area contributed by atoms with E-state index in [4.69, 9.17) is 0 Å². The zero-order chi connectivity index (χ0) is 18.8. The first-order chi connectivity index (χ1) is 13.1. The Morgan fingerprint density at radius 3 is 2.78 bits per heavy atom. The quantitative estimate of drug-likeness (QED) is 0.725. The van der Waals surface area contributed by atoms with Crippen molar-refractivity contribution in [2.75, 3.05) is 11.9 Å². The molecule has 3 heterocycles. The van der Waals surface area contributed by atoms with Crippen molar-refractivity contribution in [1.82, 2.24) is 9.88 Å². The SMILES string of the molecule is O=C(Nc1nc2c(s1)CN(C(=O)Cc1ccc(F)cc1)CC2)c1cccs1. The molecule has 3 aromatic rings. The molecule has 1 aliphatic rings. The van der Waals surface area contributed by atoms with E-state index >= 15 is 0 Å². The number of halogens is 1. The minimum Gasteiger partial charge on any atom is -0.337 e. The molecule has 0 atom stereocenters. The van der Waals surface area contributed by atoms with E-state index in [0.717, 1.165) is 16.1 Å². The van der Waals surface area contributed by atoms with E-state index in [2.05, 4.69) is 10.3 Å². The van der Waals surface area contributed by atoms with Crippen molar-refractivity contribution in [3.05, 3.63) is 68.6 Å². The summed E-state index contributed by atoms with van der Waals surface area (Å²) in [5.74, 6) is -0.472. The summed E-state index contributed by atoms with van der Waals surface area (Å²) in [6.45, 7) is 1.08. The van der Waals surface area contributed by atoms with E-state index < -0.39 is 0 Å². The molecular weight excluding hydrogens is 385 g/mol. The van der Waals surface area contributed by atoms with Crippen LogP contribution in [-0.4, -0.2) is 28.2 Å². The minimum atomic E-state index is -0.310. The molecule has 27 heavy (non-hydrogen) atoms. The molecule has 2 amide bonds. The van der Waals surface area contributed by atoms with E-state index in [1.807, 2.05) is 11.4 Å². The second kappa shape index (κ2) is 7.58. The summed E-state index contributed by atoms with van der Waals surface area (Å²) >= 11 is 2.79. The maximum absolute atomic E-state index is 13.0. The van der Waals surface area contributed by atoms with Gasteiger partial charge in [0.05, 0.1) is 23.5 Å².